The summed E-state index contributed by atoms with van der Waals surface area (Å²) >= 11 is 3.63. The molecule has 0 bridgehead atoms. The molecule has 0 unspecified atom stereocenters. The summed E-state index contributed by atoms with van der Waals surface area (Å²) in [4.78, 5) is 20.9. The molecular weight excluding hydrogens is 745 g/mol. The number of pyridine rings is 1. The molecule has 4 aromatic heterocycles. The number of thiophene rings is 2. The Hall–Kier alpha value is -7.12. The smallest absolute Gasteiger partial charge is 0.165 e. The standard InChI is InChI=1S/C52H30N4S2/c1-3-14-31(15-4-1)47-46-42-30-33(26-29-45(42)58-49(46)40-21-9-11-24-43(40)53-47)34-27-28-39(36-19-8-7-18-35(34)36)51-54-50(32-16-5-2-6-17-32)55-52(56-51)41-23-13-22-38-37-20-10-12-25-44(37)57-48(38)41/h1-30H. The molecule has 270 valence electrons. The van der Waals surface area contributed by atoms with Crippen LogP contribution >= 0.6 is 22.7 Å². The van der Waals surface area contributed by atoms with Crippen LogP contribution in [0.5, 0.6) is 0 Å². The Morgan fingerprint density at radius 1 is 0.310 bits per heavy atom. The Labute approximate surface area is 341 Å². The van der Waals surface area contributed by atoms with Crippen molar-refractivity contribution in [2.45, 2.75) is 0 Å². The topological polar surface area (TPSA) is 51.6 Å². The summed E-state index contributed by atoms with van der Waals surface area (Å²) in [6, 6.07) is 64.3. The molecule has 0 N–H and O–H groups in total. The predicted molar refractivity (Wildman–Crippen MR) is 246 cm³/mol. The van der Waals surface area contributed by atoms with E-state index in [4.69, 9.17) is 19.9 Å². The van der Waals surface area contributed by atoms with Crippen molar-refractivity contribution in [3.8, 4) is 56.5 Å². The number of aromatic nitrogens is 4. The first-order valence-corrected chi connectivity index (χ1v) is 20.9. The fourth-order valence-electron chi connectivity index (χ4n) is 8.44. The molecule has 8 aromatic carbocycles. The van der Waals surface area contributed by atoms with Crippen LogP contribution in [-0.2, 0) is 0 Å². The molecule has 0 fully saturated rings. The van der Waals surface area contributed by atoms with Crippen molar-refractivity contribution in [1.82, 2.24) is 19.9 Å². The van der Waals surface area contributed by atoms with Gasteiger partial charge in [-0.3, -0.25) is 0 Å². The zero-order valence-electron chi connectivity index (χ0n) is 30.9. The maximum absolute atomic E-state index is 5.28. The van der Waals surface area contributed by atoms with Gasteiger partial charge in [0.15, 0.2) is 17.5 Å². The van der Waals surface area contributed by atoms with E-state index in [1.165, 1.54) is 45.7 Å². The van der Waals surface area contributed by atoms with Crippen LogP contribution in [0.15, 0.2) is 182 Å². The Morgan fingerprint density at radius 2 is 0.897 bits per heavy atom. The quantitative estimate of drug-likeness (QED) is 0.175. The van der Waals surface area contributed by atoms with Crippen molar-refractivity contribution in [3.63, 3.8) is 0 Å². The SMILES string of the molecule is c1ccc(-c2nc(-c3ccc(-c4ccc5sc6c7ccccc7nc(-c7ccccc7)c6c5c4)c4ccccc34)nc(-c3cccc4c3sc3ccccc34)n2)cc1. The van der Waals surface area contributed by atoms with Gasteiger partial charge in [-0.15, -0.1) is 22.7 Å². The van der Waals surface area contributed by atoms with Crippen molar-refractivity contribution in [2.24, 2.45) is 0 Å². The highest BCUT2D eigenvalue weighted by molar-refractivity contribution is 7.27. The first kappa shape index (κ1) is 33.1. The van der Waals surface area contributed by atoms with Crippen molar-refractivity contribution >= 4 is 84.7 Å². The van der Waals surface area contributed by atoms with E-state index >= 15 is 0 Å². The molecule has 12 aromatic rings. The van der Waals surface area contributed by atoms with Crippen LogP contribution in [0.3, 0.4) is 0 Å². The molecule has 0 saturated carbocycles. The van der Waals surface area contributed by atoms with Gasteiger partial charge in [0.1, 0.15) is 0 Å². The van der Waals surface area contributed by atoms with Crippen LogP contribution in [0, 0.1) is 0 Å². The minimum absolute atomic E-state index is 0.648. The number of rotatable bonds is 5. The van der Waals surface area contributed by atoms with Crippen molar-refractivity contribution < 1.29 is 0 Å². The molecule has 58 heavy (non-hydrogen) atoms. The monoisotopic (exact) mass is 774 g/mol. The summed E-state index contributed by atoms with van der Waals surface area (Å²) in [5.74, 6) is 1.96. The summed E-state index contributed by atoms with van der Waals surface area (Å²) in [6.45, 7) is 0. The summed E-state index contributed by atoms with van der Waals surface area (Å²) in [7, 11) is 0. The first-order valence-electron chi connectivity index (χ1n) is 19.3. The molecule has 6 heteroatoms. The number of hydrogen-bond donors (Lipinski definition) is 0. The van der Waals surface area contributed by atoms with Gasteiger partial charge in [0.05, 0.1) is 11.2 Å². The highest BCUT2D eigenvalue weighted by atomic mass is 32.1. The highest BCUT2D eigenvalue weighted by Gasteiger charge is 2.20. The van der Waals surface area contributed by atoms with E-state index in [2.05, 4.69) is 164 Å². The largest absolute Gasteiger partial charge is 0.247 e. The zero-order valence-corrected chi connectivity index (χ0v) is 32.6. The van der Waals surface area contributed by atoms with Gasteiger partial charge in [0.2, 0.25) is 0 Å². The summed E-state index contributed by atoms with van der Waals surface area (Å²) in [5.41, 5.74) is 8.38. The van der Waals surface area contributed by atoms with E-state index in [0.717, 1.165) is 55.4 Å². The van der Waals surface area contributed by atoms with Crippen LogP contribution in [0.4, 0.5) is 0 Å². The lowest BCUT2D eigenvalue weighted by atomic mass is 9.93. The minimum atomic E-state index is 0.648. The predicted octanol–water partition coefficient (Wildman–Crippen LogP) is 14.6. The normalized spacial score (nSPS) is 11.8. The fourth-order valence-corrected chi connectivity index (χ4v) is 10.9. The Bertz CT molecular complexity index is 3570. The Balaban J connectivity index is 1.06. The molecule has 0 saturated heterocycles. The second-order valence-electron chi connectivity index (χ2n) is 14.5. The highest BCUT2D eigenvalue weighted by Crippen LogP contribution is 2.45. The van der Waals surface area contributed by atoms with E-state index in [-0.39, 0.29) is 0 Å². The summed E-state index contributed by atoms with van der Waals surface area (Å²) < 4.78 is 4.94. The van der Waals surface area contributed by atoms with Gasteiger partial charge in [-0.05, 0) is 58.3 Å². The summed E-state index contributed by atoms with van der Waals surface area (Å²) in [5, 5.41) is 8.29. The van der Waals surface area contributed by atoms with Crippen molar-refractivity contribution in [2.75, 3.05) is 0 Å². The molecule has 0 amide bonds. The van der Waals surface area contributed by atoms with E-state index in [1.54, 1.807) is 11.3 Å². The molecule has 0 aliphatic heterocycles. The summed E-state index contributed by atoms with van der Waals surface area (Å²) in [6.07, 6.45) is 0. The van der Waals surface area contributed by atoms with Gasteiger partial charge in [-0.2, -0.15) is 0 Å². The van der Waals surface area contributed by atoms with Crippen molar-refractivity contribution in [3.05, 3.63) is 182 Å². The van der Waals surface area contributed by atoms with E-state index < -0.39 is 0 Å². The molecule has 4 nitrogen and oxygen atoms in total. The lowest BCUT2D eigenvalue weighted by Gasteiger charge is -2.13. The van der Waals surface area contributed by atoms with Gasteiger partial charge in [-0.25, -0.2) is 19.9 Å². The van der Waals surface area contributed by atoms with Crippen LogP contribution in [0.2, 0.25) is 0 Å². The van der Waals surface area contributed by atoms with Crippen LogP contribution in [0.1, 0.15) is 0 Å². The number of fused-ring (bicyclic) bond motifs is 9. The third-order valence-electron chi connectivity index (χ3n) is 11.1. The molecule has 0 aliphatic carbocycles. The maximum atomic E-state index is 5.28. The number of para-hydroxylation sites is 1. The molecule has 12 rings (SSSR count). The second kappa shape index (κ2) is 13.2. The third kappa shape index (κ3) is 5.27. The molecule has 0 spiro atoms. The van der Waals surface area contributed by atoms with Crippen molar-refractivity contribution in [1.29, 1.82) is 0 Å². The van der Waals surface area contributed by atoms with Gasteiger partial charge in [0.25, 0.3) is 0 Å². The number of hydrogen-bond acceptors (Lipinski definition) is 6. The molecule has 0 atom stereocenters. The van der Waals surface area contributed by atoms with Gasteiger partial charge in [-0.1, -0.05) is 146 Å². The Morgan fingerprint density at radius 3 is 1.71 bits per heavy atom. The minimum Gasteiger partial charge on any atom is -0.247 e. The lowest BCUT2D eigenvalue weighted by molar-refractivity contribution is 1.08. The Kier molecular flexibility index (Phi) is 7.55. The van der Waals surface area contributed by atoms with E-state index in [9.17, 15) is 0 Å². The average Bonchev–Trinajstić information content (AvgIpc) is 3.88. The second-order valence-corrected chi connectivity index (χ2v) is 16.6. The number of nitrogens with zero attached hydrogens (tertiary/aromatic N) is 4. The maximum Gasteiger partial charge on any atom is 0.165 e. The number of benzene rings is 8. The molecule has 0 radical (unpaired) electrons. The molecule has 4 heterocycles. The average molecular weight is 775 g/mol. The van der Waals surface area contributed by atoms with Crippen LogP contribution in [0.25, 0.3) is 119 Å². The van der Waals surface area contributed by atoms with Gasteiger partial charge < -0.3 is 0 Å². The van der Waals surface area contributed by atoms with Crippen LogP contribution in [-0.4, -0.2) is 19.9 Å². The first-order chi connectivity index (χ1) is 28.7. The van der Waals surface area contributed by atoms with E-state index in [1.807, 2.05) is 29.5 Å². The van der Waals surface area contributed by atoms with E-state index in [0.29, 0.717) is 17.5 Å². The fraction of sp³-hybridized carbons (Fsp3) is 0. The lowest BCUT2D eigenvalue weighted by Crippen LogP contribution is -2.01. The van der Waals surface area contributed by atoms with Gasteiger partial charge in [0, 0.05) is 68.0 Å². The van der Waals surface area contributed by atoms with Crippen LogP contribution < -0.4 is 0 Å². The molecule has 0 aliphatic rings. The van der Waals surface area contributed by atoms with Gasteiger partial charge >= 0.3 is 0 Å². The molecular formula is C52H30N4S2. The third-order valence-corrected chi connectivity index (χ3v) is 13.6. The zero-order chi connectivity index (χ0) is 38.2.